The average molecular weight is 694 g/mol. The number of aliphatic hydroxyl groups is 1. The molecule has 3 N–H and O–H groups in total. The molecule has 2 aliphatic heterocycles. The number of aliphatic carboxylic acids is 1. The third-order valence-corrected chi connectivity index (χ3v) is 10.7. The van der Waals surface area contributed by atoms with Gasteiger partial charge in [0.25, 0.3) is 0 Å². The summed E-state index contributed by atoms with van der Waals surface area (Å²) < 4.78 is 0. The molecular weight excluding hydrogens is 651 g/mol. The monoisotopic (exact) mass is 693 g/mol. The van der Waals surface area contributed by atoms with Gasteiger partial charge in [-0.3, -0.25) is 29.5 Å². The van der Waals surface area contributed by atoms with Crippen molar-refractivity contribution in [3.8, 4) is 11.1 Å². The molecule has 0 radical (unpaired) electrons. The van der Waals surface area contributed by atoms with Crippen LogP contribution < -0.4 is 5.32 Å². The second-order valence-electron chi connectivity index (χ2n) is 14.4. The number of carboxylic acids is 1. The molecular formula is C42H43N7O3. The van der Waals surface area contributed by atoms with Gasteiger partial charge in [0.2, 0.25) is 0 Å². The van der Waals surface area contributed by atoms with Gasteiger partial charge in [-0.15, -0.1) is 0 Å². The normalized spacial score (nSPS) is 18.1. The lowest BCUT2D eigenvalue weighted by atomic mass is 9.91. The predicted octanol–water partition coefficient (Wildman–Crippen LogP) is 6.66. The third-order valence-electron chi connectivity index (χ3n) is 10.7. The van der Waals surface area contributed by atoms with Crippen LogP contribution in [0, 0.1) is 19.8 Å². The highest BCUT2D eigenvalue weighted by molar-refractivity contribution is 5.91. The summed E-state index contributed by atoms with van der Waals surface area (Å²) in [6, 6.07) is 21.1. The van der Waals surface area contributed by atoms with Crippen LogP contribution in [0.25, 0.3) is 32.9 Å². The van der Waals surface area contributed by atoms with Crippen LogP contribution in [0.2, 0.25) is 0 Å². The van der Waals surface area contributed by atoms with Gasteiger partial charge in [0, 0.05) is 80.4 Å². The van der Waals surface area contributed by atoms with E-state index in [-0.39, 0.29) is 12.0 Å². The molecule has 10 heteroatoms. The number of β-amino-alcohol motifs (C(OH)–C–C–N with tert-alkyl or cyclic N) is 1. The van der Waals surface area contributed by atoms with Crippen molar-refractivity contribution in [2.45, 2.75) is 52.3 Å². The lowest BCUT2D eigenvalue weighted by Crippen LogP contribution is -2.22. The predicted molar refractivity (Wildman–Crippen MR) is 203 cm³/mol. The number of anilines is 2. The largest absolute Gasteiger partial charge is 0.481 e. The van der Waals surface area contributed by atoms with Gasteiger partial charge in [-0.25, -0.2) is 4.98 Å². The first-order valence-electron chi connectivity index (χ1n) is 18.1. The molecule has 2 fully saturated rings. The number of rotatable bonds is 10. The quantitative estimate of drug-likeness (QED) is 0.143. The lowest BCUT2D eigenvalue weighted by Gasteiger charge is -2.18. The Morgan fingerprint density at radius 1 is 0.788 bits per heavy atom. The molecule has 2 saturated heterocycles. The van der Waals surface area contributed by atoms with E-state index in [1.54, 1.807) is 0 Å². The second-order valence-corrected chi connectivity index (χ2v) is 14.4. The van der Waals surface area contributed by atoms with Crippen LogP contribution in [-0.4, -0.2) is 78.2 Å². The van der Waals surface area contributed by atoms with Crippen molar-refractivity contribution in [2.24, 2.45) is 5.92 Å². The van der Waals surface area contributed by atoms with Crippen LogP contribution >= 0.6 is 0 Å². The van der Waals surface area contributed by atoms with Crippen LogP contribution in [-0.2, 0) is 24.3 Å². The van der Waals surface area contributed by atoms with Crippen molar-refractivity contribution in [1.29, 1.82) is 0 Å². The zero-order valence-corrected chi connectivity index (χ0v) is 29.6. The molecule has 0 spiro atoms. The Kier molecular flexibility index (Phi) is 9.36. The zero-order valence-electron chi connectivity index (χ0n) is 29.6. The van der Waals surface area contributed by atoms with E-state index in [1.165, 1.54) is 16.7 Å². The van der Waals surface area contributed by atoms with E-state index in [0.717, 1.165) is 81.5 Å². The zero-order chi connectivity index (χ0) is 35.8. The number of carbonyl (C=O) groups is 1. The van der Waals surface area contributed by atoms with Crippen LogP contribution in [0.4, 0.5) is 11.5 Å². The Labute approximate surface area is 303 Å². The van der Waals surface area contributed by atoms with E-state index < -0.39 is 5.97 Å². The highest BCUT2D eigenvalue weighted by Gasteiger charge is 2.28. The van der Waals surface area contributed by atoms with E-state index in [4.69, 9.17) is 15.0 Å². The van der Waals surface area contributed by atoms with E-state index in [2.05, 4.69) is 82.5 Å². The minimum atomic E-state index is -0.713. The molecule has 0 bridgehead atoms. The summed E-state index contributed by atoms with van der Waals surface area (Å²) in [5.74, 6) is -0.287. The summed E-state index contributed by atoms with van der Waals surface area (Å²) in [4.78, 5) is 35.0. The SMILES string of the molecule is Cc1c(Cc2nccc3cc(CN4CC[C@@H](C(=O)O)C4)cnc23)cccc1-c1cccc(Nc2nccc3cc(CN4CC[C@@H](O)C4)cnc23)c1C. The summed E-state index contributed by atoms with van der Waals surface area (Å²) >= 11 is 0. The molecule has 6 heterocycles. The Morgan fingerprint density at radius 2 is 1.44 bits per heavy atom. The number of benzene rings is 2. The van der Waals surface area contributed by atoms with Gasteiger partial charge in [-0.2, -0.15) is 0 Å². The number of nitrogens with one attached hydrogen (secondary N) is 1. The van der Waals surface area contributed by atoms with Gasteiger partial charge in [0.15, 0.2) is 5.82 Å². The topological polar surface area (TPSA) is 128 Å². The van der Waals surface area contributed by atoms with Gasteiger partial charge >= 0.3 is 5.97 Å². The lowest BCUT2D eigenvalue weighted by molar-refractivity contribution is -0.141. The van der Waals surface area contributed by atoms with Gasteiger partial charge in [0.05, 0.1) is 23.2 Å². The summed E-state index contributed by atoms with van der Waals surface area (Å²) in [5.41, 5.74) is 11.6. The maximum absolute atomic E-state index is 11.4. The fourth-order valence-corrected chi connectivity index (χ4v) is 7.85. The van der Waals surface area contributed by atoms with E-state index in [0.29, 0.717) is 38.3 Å². The molecule has 0 saturated carbocycles. The molecule has 52 heavy (non-hydrogen) atoms. The highest BCUT2D eigenvalue weighted by atomic mass is 16.4. The van der Waals surface area contributed by atoms with Crippen LogP contribution in [0.5, 0.6) is 0 Å². The molecule has 10 nitrogen and oxygen atoms in total. The number of fused-ring (bicyclic) bond motifs is 2. The third kappa shape index (κ3) is 6.97. The van der Waals surface area contributed by atoms with Gasteiger partial charge in [-0.05, 0) is 103 Å². The average Bonchev–Trinajstić information content (AvgIpc) is 3.79. The smallest absolute Gasteiger partial charge is 0.307 e. The number of pyridine rings is 4. The molecule has 2 atom stereocenters. The first-order valence-corrected chi connectivity index (χ1v) is 18.1. The Bertz CT molecular complexity index is 2290. The minimum Gasteiger partial charge on any atom is -0.481 e. The summed E-state index contributed by atoms with van der Waals surface area (Å²) in [6.45, 7) is 8.76. The van der Waals surface area contributed by atoms with Crippen molar-refractivity contribution in [1.82, 2.24) is 29.7 Å². The molecule has 6 aromatic rings. The number of carboxylic acid groups (broad SMARTS) is 1. The number of hydrogen-bond acceptors (Lipinski definition) is 9. The maximum Gasteiger partial charge on any atom is 0.307 e. The highest BCUT2D eigenvalue weighted by Crippen LogP contribution is 2.35. The molecule has 0 unspecified atom stereocenters. The Hall–Kier alpha value is -5.29. The molecule has 2 aliphatic rings. The molecule has 4 aromatic heterocycles. The minimum absolute atomic E-state index is 0.240. The summed E-state index contributed by atoms with van der Waals surface area (Å²) in [6.07, 6.45) is 9.43. The van der Waals surface area contributed by atoms with Crippen molar-refractivity contribution in [3.05, 3.63) is 119 Å². The standard InChI is InChI=1S/C42H43N7O3/c1-26-30(19-38-39-31(9-13-43-38)17-28(20-45-39)22-48-15-11-33(24-48)42(51)52)5-3-6-35(26)36-7-4-8-37(27(36)2)47-41-40-32(10-14-44-41)18-29(21-46-40)23-49-16-12-34(50)25-49/h3-10,13-14,17-18,20-21,33-34,50H,11-12,15-16,19,22-25H2,1-2H3,(H,44,47)(H,51,52)/t33-,34-/m1/s1. The maximum atomic E-state index is 11.4. The summed E-state index contributed by atoms with van der Waals surface area (Å²) in [5, 5.41) is 25.0. The number of aliphatic hydroxyl groups excluding tert-OH is 1. The van der Waals surface area contributed by atoms with Crippen molar-refractivity contribution in [3.63, 3.8) is 0 Å². The van der Waals surface area contributed by atoms with E-state index >= 15 is 0 Å². The van der Waals surface area contributed by atoms with Crippen LogP contribution in [0.3, 0.4) is 0 Å². The molecule has 8 rings (SSSR count). The first-order chi connectivity index (χ1) is 25.3. The molecule has 0 aliphatic carbocycles. The van der Waals surface area contributed by atoms with E-state index in [9.17, 15) is 15.0 Å². The number of aromatic nitrogens is 4. The van der Waals surface area contributed by atoms with Crippen LogP contribution in [0.15, 0.2) is 85.5 Å². The first kappa shape index (κ1) is 33.8. The Morgan fingerprint density at radius 3 is 2.15 bits per heavy atom. The molecule has 0 amide bonds. The fourth-order valence-electron chi connectivity index (χ4n) is 7.85. The van der Waals surface area contributed by atoms with Gasteiger partial charge in [0.1, 0.15) is 5.52 Å². The molecule has 2 aromatic carbocycles. The van der Waals surface area contributed by atoms with Gasteiger partial charge in [-0.1, -0.05) is 30.3 Å². The number of nitrogens with zero attached hydrogens (tertiary/aromatic N) is 6. The van der Waals surface area contributed by atoms with Crippen molar-refractivity contribution in [2.75, 3.05) is 31.5 Å². The Balaban J connectivity index is 1.02. The van der Waals surface area contributed by atoms with E-state index in [1.807, 2.05) is 36.9 Å². The molecule has 264 valence electrons. The number of hydrogen-bond donors (Lipinski definition) is 3. The van der Waals surface area contributed by atoms with Crippen molar-refractivity contribution < 1.29 is 15.0 Å². The second kappa shape index (κ2) is 14.4. The van der Waals surface area contributed by atoms with Crippen molar-refractivity contribution >= 4 is 39.3 Å². The van der Waals surface area contributed by atoms with Gasteiger partial charge < -0.3 is 15.5 Å². The number of likely N-dealkylation sites (tertiary alicyclic amines) is 2. The fraction of sp³-hybridized carbons (Fsp3) is 0.310. The van der Waals surface area contributed by atoms with Crippen LogP contribution in [0.1, 0.15) is 46.4 Å². The summed E-state index contributed by atoms with van der Waals surface area (Å²) in [7, 11) is 0.